The molecule has 6 heteroatoms. The van der Waals surface area contributed by atoms with Crippen LogP contribution in [0.25, 0.3) is 0 Å². The molecule has 0 aliphatic heterocycles. The number of hydrogen-bond donors (Lipinski definition) is 2. The summed E-state index contributed by atoms with van der Waals surface area (Å²) in [6.07, 6.45) is -1.34. The Morgan fingerprint density at radius 3 is 2.31 bits per heavy atom. The van der Waals surface area contributed by atoms with Gasteiger partial charge in [-0.05, 0) is 20.8 Å². The summed E-state index contributed by atoms with van der Waals surface area (Å²) in [4.78, 5) is 0. The van der Waals surface area contributed by atoms with Crippen molar-refractivity contribution >= 4 is 0 Å². The Hall–Kier alpha value is -0.330. The quantitative estimate of drug-likeness (QED) is 0.709. The van der Waals surface area contributed by atoms with Gasteiger partial charge in [0.1, 0.15) is 19.4 Å². The Morgan fingerprint density at radius 2 is 1.88 bits per heavy atom. The molecule has 0 rings (SSSR count). The molecule has 16 heavy (non-hydrogen) atoms. The molecule has 0 aliphatic carbocycles. The minimum atomic E-state index is -3.29. The van der Waals surface area contributed by atoms with Gasteiger partial charge < -0.3 is 15.2 Å². The Balaban J connectivity index is 3.63. The van der Waals surface area contributed by atoms with Crippen LogP contribution in [0.1, 0.15) is 20.8 Å². The van der Waals surface area contributed by atoms with Gasteiger partial charge in [-0.25, -0.2) is 13.2 Å². The lowest BCUT2D eigenvalue weighted by Crippen LogP contribution is -2.41. The summed E-state index contributed by atoms with van der Waals surface area (Å²) in [5.41, 5.74) is -0.223. The van der Waals surface area contributed by atoms with E-state index in [1.165, 1.54) is 0 Å². The molecule has 98 valence electrons. The van der Waals surface area contributed by atoms with Crippen LogP contribution in [0.5, 0.6) is 0 Å². The van der Waals surface area contributed by atoms with Crippen molar-refractivity contribution in [2.24, 2.45) is 0 Å². The number of ether oxygens (including phenoxy) is 1. The zero-order valence-corrected chi connectivity index (χ0v) is 9.90. The van der Waals surface area contributed by atoms with Gasteiger partial charge in [0, 0.05) is 12.1 Å². The Kier molecular flexibility index (Phi) is 6.28. The SMILES string of the molecule is CC(C)(C)NCC(F)COCC(F)(F)CO. The second-order valence-corrected chi connectivity index (χ2v) is 4.76. The van der Waals surface area contributed by atoms with Gasteiger partial charge >= 0.3 is 0 Å². The second-order valence-electron chi connectivity index (χ2n) is 4.76. The Labute approximate surface area is 94.0 Å². The average Bonchev–Trinajstić information content (AvgIpc) is 2.13. The maximum Gasteiger partial charge on any atom is 0.293 e. The molecule has 0 heterocycles. The highest BCUT2D eigenvalue weighted by atomic mass is 19.3. The lowest BCUT2D eigenvalue weighted by Gasteiger charge is -2.22. The van der Waals surface area contributed by atoms with Crippen LogP contribution in [0.4, 0.5) is 13.2 Å². The molecule has 0 aromatic rings. The maximum absolute atomic E-state index is 13.1. The monoisotopic (exact) mass is 243 g/mol. The number of rotatable bonds is 7. The first kappa shape index (κ1) is 15.7. The number of hydrogen-bond acceptors (Lipinski definition) is 3. The Morgan fingerprint density at radius 1 is 1.31 bits per heavy atom. The molecule has 0 saturated carbocycles. The van der Waals surface area contributed by atoms with E-state index >= 15 is 0 Å². The zero-order valence-electron chi connectivity index (χ0n) is 9.90. The van der Waals surface area contributed by atoms with E-state index in [0.717, 1.165) is 0 Å². The molecule has 0 bridgehead atoms. The predicted octanol–water partition coefficient (Wildman–Crippen LogP) is 1.36. The zero-order chi connectivity index (χ0) is 12.8. The average molecular weight is 243 g/mol. The standard InChI is InChI=1S/C10H20F3NO2/c1-9(2,3)14-4-8(11)5-16-7-10(12,13)6-15/h8,14-15H,4-7H2,1-3H3. The highest BCUT2D eigenvalue weighted by Crippen LogP contribution is 2.12. The molecule has 1 atom stereocenters. The molecule has 3 nitrogen and oxygen atoms in total. The normalized spacial score (nSPS) is 15.2. The van der Waals surface area contributed by atoms with E-state index in [1.54, 1.807) is 0 Å². The molecular formula is C10H20F3NO2. The lowest BCUT2D eigenvalue weighted by atomic mass is 10.1. The van der Waals surface area contributed by atoms with Gasteiger partial charge in [0.2, 0.25) is 0 Å². The van der Waals surface area contributed by atoms with Gasteiger partial charge in [-0.15, -0.1) is 0 Å². The largest absolute Gasteiger partial charge is 0.390 e. The predicted molar refractivity (Wildman–Crippen MR) is 55.5 cm³/mol. The van der Waals surface area contributed by atoms with Crippen molar-refractivity contribution in [1.29, 1.82) is 0 Å². The van der Waals surface area contributed by atoms with Crippen molar-refractivity contribution in [1.82, 2.24) is 5.32 Å². The lowest BCUT2D eigenvalue weighted by molar-refractivity contribution is -0.112. The molecule has 0 fully saturated rings. The van der Waals surface area contributed by atoms with Gasteiger partial charge in [-0.3, -0.25) is 0 Å². The van der Waals surface area contributed by atoms with E-state index in [1.807, 2.05) is 20.8 Å². The van der Waals surface area contributed by atoms with Crippen LogP contribution in [0.3, 0.4) is 0 Å². The van der Waals surface area contributed by atoms with E-state index in [4.69, 9.17) is 5.11 Å². The second kappa shape index (κ2) is 6.42. The van der Waals surface area contributed by atoms with E-state index < -0.39 is 31.9 Å². The van der Waals surface area contributed by atoms with Crippen LogP contribution in [-0.4, -0.2) is 49.1 Å². The third kappa shape index (κ3) is 8.94. The Bertz CT molecular complexity index is 195. The molecule has 0 spiro atoms. The fraction of sp³-hybridized carbons (Fsp3) is 1.00. The van der Waals surface area contributed by atoms with Crippen LogP contribution < -0.4 is 5.32 Å². The number of aliphatic hydroxyl groups is 1. The van der Waals surface area contributed by atoms with Crippen LogP contribution in [0, 0.1) is 0 Å². The van der Waals surface area contributed by atoms with Crippen molar-refractivity contribution < 1.29 is 23.0 Å². The first-order valence-corrected chi connectivity index (χ1v) is 5.12. The number of alkyl halides is 3. The van der Waals surface area contributed by atoms with E-state index in [2.05, 4.69) is 10.1 Å². The van der Waals surface area contributed by atoms with E-state index in [0.29, 0.717) is 0 Å². The van der Waals surface area contributed by atoms with Gasteiger partial charge in [-0.2, -0.15) is 0 Å². The van der Waals surface area contributed by atoms with Crippen LogP contribution in [0.15, 0.2) is 0 Å². The number of halogens is 3. The minimum Gasteiger partial charge on any atom is -0.390 e. The smallest absolute Gasteiger partial charge is 0.293 e. The third-order valence-corrected chi connectivity index (χ3v) is 1.70. The highest BCUT2D eigenvalue weighted by Gasteiger charge is 2.28. The summed E-state index contributed by atoms with van der Waals surface area (Å²) in [5.74, 6) is -3.29. The molecular weight excluding hydrogens is 223 g/mol. The first-order valence-electron chi connectivity index (χ1n) is 5.12. The maximum atomic E-state index is 13.1. The summed E-state index contributed by atoms with van der Waals surface area (Å²) in [6.45, 7) is 3.03. The molecule has 0 aromatic heterocycles. The van der Waals surface area contributed by atoms with Gasteiger partial charge in [0.25, 0.3) is 5.92 Å². The summed E-state index contributed by atoms with van der Waals surface area (Å²) >= 11 is 0. The van der Waals surface area contributed by atoms with E-state index in [-0.39, 0.29) is 12.1 Å². The topological polar surface area (TPSA) is 41.5 Å². The summed E-state index contributed by atoms with van der Waals surface area (Å²) in [6, 6.07) is 0. The minimum absolute atomic E-state index is 0.0498. The van der Waals surface area contributed by atoms with Crippen molar-refractivity contribution in [3.8, 4) is 0 Å². The number of aliphatic hydroxyl groups excluding tert-OH is 1. The molecule has 2 N–H and O–H groups in total. The van der Waals surface area contributed by atoms with Crippen molar-refractivity contribution in [2.45, 2.75) is 38.4 Å². The van der Waals surface area contributed by atoms with Crippen LogP contribution in [-0.2, 0) is 4.74 Å². The molecule has 1 unspecified atom stereocenters. The van der Waals surface area contributed by atoms with Crippen molar-refractivity contribution in [3.05, 3.63) is 0 Å². The van der Waals surface area contributed by atoms with Gasteiger partial charge in [0.15, 0.2) is 0 Å². The fourth-order valence-corrected chi connectivity index (χ4v) is 0.858. The first-order chi connectivity index (χ1) is 7.16. The molecule has 0 aliphatic rings. The third-order valence-electron chi connectivity index (χ3n) is 1.70. The number of nitrogens with one attached hydrogen (secondary N) is 1. The molecule has 0 amide bonds. The highest BCUT2D eigenvalue weighted by molar-refractivity contribution is 4.73. The van der Waals surface area contributed by atoms with Gasteiger partial charge in [0.05, 0.1) is 6.61 Å². The van der Waals surface area contributed by atoms with Gasteiger partial charge in [-0.1, -0.05) is 0 Å². The molecule has 0 saturated heterocycles. The summed E-state index contributed by atoms with van der Waals surface area (Å²) in [7, 11) is 0. The van der Waals surface area contributed by atoms with Crippen molar-refractivity contribution in [2.75, 3.05) is 26.4 Å². The summed E-state index contributed by atoms with van der Waals surface area (Å²) < 4.78 is 42.5. The van der Waals surface area contributed by atoms with Crippen LogP contribution in [0.2, 0.25) is 0 Å². The fourth-order valence-electron chi connectivity index (χ4n) is 0.858. The van der Waals surface area contributed by atoms with E-state index in [9.17, 15) is 13.2 Å². The van der Waals surface area contributed by atoms with Crippen molar-refractivity contribution in [3.63, 3.8) is 0 Å². The van der Waals surface area contributed by atoms with Crippen LogP contribution >= 0.6 is 0 Å². The summed E-state index contributed by atoms with van der Waals surface area (Å²) in [5, 5.41) is 11.1. The molecule has 0 aromatic carbocycles. The molecule has 0 radical (unpaired) electrons.